The molecule has 0 aliphatic heterocycles. The summed E-state index contributed by atoms with van der Waals surface area (Å²) in [5.74, 6) is 0.988. The van der Waals surface area contributed by atoms with E-state index in [-0.39, 0.29) is 0 Å². The number of carbonyl (C=O) groups is 1. The van der Waals surface area contributed by atoms with Crippen molar-refractivity contribution < 1.29 is 4.79 Å². The highest BCUT2D eigenvalue weighted by Crippen LogP contribution is 2.15. The average molecular weight is 236 g/mol. The topological polar surface area (TPSA) is 34.9 Å². The standard InChI is InChI=1S/C14H24N2O/c1-10(2)6-7-13(17)8-9-14-11(3)15-16(5)12(14)4/h10H,6-9H2,1-5H3. The van der Waals surface area contributed by atoms with Crippen molar-refractivity contribution in [3.05, 3.63) is 17.0 Å². The maximum absolute atomic E-state index is 11.7. The number of aromatic nitrogens is 2. The van der Waals surface area contributed by atoms with E-state index >= 15 is 0 Å². The molecule has 0 spiro atoms. The van der Waals surface area contributed by atoms with Crippen molar-refractivity contribution >= 4 is 5.78 Å². The van der Waals surface area contributed by atoms with E-state index in [1.807, 2.05) is 18.7 Å². The van der Waals surface area contributed by atoms with Crippen LogP contribution in [0.15, 0.2) is 0 Å². The molecule has 1 heterocycles. The Balaban J connectivity index is 2.47. The van der Waals surface area contributed by atoms with Gasteiger partial charge in [0.2, 0.25) is 0 Å². The number of Topliss-reactive ketones (excluding diaryl/α,β-unsaturated/α-hetero) is 1. The van der Waals surface area contributed by atoms with Crippen LogP contribution in [-0.4, -0.2) is 15.6 Å². The molecule has 0 aliphatic carbocycles. The van der Waals surface area contributed by atoms with Gasteiger partial charge in [-0.05, 0) is 38.2 Å². The first kappa shape index (κ1) is 13.9. The molecule has 0 unspecified atom stereocenters. The second-order valence-corrected chi connectivity index (χ2v) is 5.24. The van der Waals surface area contributed by atoms with Crippen molar-refractivity contribution in [2.24, 2.45) is 13.0 Å². The molecule has 0 bridgehead atoms. The fourth-order valence-corrected chi connectivity index (χ4v) is 2.02. The minimum atomic E-state index is 0.376. The largest absolute Gasteiger partial charge is 0.300 e. The molecular weight excluding hydrogens is 212 g/mol. The van der Waals surface area contributed by atoms with E-state index in [2.05, 4.69) is 25.9 Å². The number of nitrogens with zero attached hydrogens (tertiary/aromatic N) is 2. The number of ketones is 1. The number of carbonyl (C=O) groups excluding carboxylic acids is 1. The van der Waals surface area contributed by atoms with E-state index in [9.17, 15) is 4.79 Å². The van der Waals surface area contributed by atoms with E-state index in [1.165, 1.54) is 11.3 Å². The summed E-state index contributed by atoms with van der Waals surface area (Å²) < 4.78 is 1.89. The molecule has 96 valence electrons. The third kappa shape index (κ3) is 3.99. The molecule has 0 fully saturated rings. The minimum absolute atomic E-state index is 0.376. The predicted octanol–water partition coefficient (Wildman–Crippen LogP) is 2.97. The zero-order chi connectivity index (χ0) is 13.0. The molecule has 0 atom stereocenters. The van der Waals surface area contributed by atoms with Gasteiger partial charge in [-0.25, -0.2) is 0 Å². The van der Waals surface area contributed by atoms with Crippen LogP contribution in [0.5, 0.6) is 0 Å². The van der Waals surface area contributed by atoms with E-state index in [4.69, 9.17) is 0 Å². The molecule has 1 aromatic heterocycles. The van der Waals surface area contributed by atoms with Crippen LogP contribution < -0.4 is 0 Å². The Morgan fingerprint density at radius 3 is 2.41 bits per heavy atom. The molecule has 0 saturated carbocycles. The first-order chi connectivity index (χ1) is 7.91. The molecular formula is C14H24N2O. The van der Waals surface area contributed by atoms with Crippen molar-refractivity contribution in [1.29, 1.82) is 0 Å². The average Bonchev–Trinajstić information content (AvgIpc) is 2.48. The summed E-state index contributed by atoms with van der Waals surface area (Å²) in [4.78, 5) is 11.7. The molecule has 3 nitrogen and oxygen atoms in total. The highest BCUT2D eigenvalue weighted by atomic mass is 16.1. The Kier molecular flexibility index (Phi) is 4.91. The lowest BCUT2D eigenvalue weighted by atomic mass is 10.0. The van der Waals surface area contributed by atoms with Crippen LogP contribution in [0.2, 0.25) is 0 Å². The van der Waals surface area contributed by atoms with E-state index in [0.717, 1.165) is 25.0 Å². The molecule has 0 aromatic carbocycles. The van der Waals surface area contributed by atoms with Crippen molar-refractivity contribution in [1.82, 2.24) is 9.78 Å². The van der Waals surface area contributed by atoms with Gasteiger partial charge >= 0.3 is 0 Å². The zero-order valence-corrected chi connectivity index (χ0v) is 11.7. The molecule has 1 rings (SSSR count). The Morgan fingerprint density at radius 1 is 1.29 bits per heavy atom. The van der Waals surface area contributed by atoms with E-state index in [0.29, 0.717) is 18.1 Å². The second-order valence-electron chi connectivity index (χ2n) is 5.24. The van der Waals surface area contributed by atoms with Gasteiger partial charge in [-0.1, -0.05) is 13.8 Å². The van der Waals surface area contributed by atoms with Gasteiger partial charge in [-0.15, -0.1) is 0 Å². The first-order valence-electron chi connectivity index (χ1n) is 6.42. The van der Waals surface area contributed by atoms with Crippen LogP contribution in [0.3, 0.4) is 0 Å². The molecule has 0 amide bonds. The lowest BCUT2D eigenvalue weighted by Crippen LogP contribution is -2.03. The summed E-state index contributed by atoms with van der Waals surface area (Å²) >= 11 is 0. The maximum atomic E-state index is 11.7. The van der Waals surface area contributed by atoms with Crippen LogP contribution in [0.1, 0.15) is 50.1 Å². The zero-order valence-electron chi connectivity index (χ0n) is 11.7. The number of aryl methyl sites for hydroxylation is 2. The van der Waals surface area contributed by atoms with E-state index in [1.54, 1.807) is 0 Å². The van der Waals surface area contributed by atoms with Gasteiger partial charge in [0, 0.05) is 25.6 Å². The molecule has 3 heteroatoms. The predicted molar refractivity (Wildman–Crippen MR) is 70.1 cm³/mol. The number of hydrogen-bond acceptors (Lipinski definition) is 2. The van der Waals surface area contributed by atoms with Crippen molar-refractivity contribution in [3.63, 3.8) is 0 Å². The lowest BCUT2D eigenvalue weighted by Gasteiger charge is -2.04. The molecule has 17 heavy (non-hydrogen) atoms. The smallest absolute Gasteiger partial charge is 0.133 e. The minimum Gasteiger partial charge on any atom is -0.300 e. The first-order valence-corrected chi connectivity index (χ1v) is 6.42. The van der Waals surface area contributed by atoms with Gasteiger partial charge in [0.05, 0.1) is 5.69 Å². The summed E-state index contributed by atoms with van der Waals surface area (Å²) in [7, 11) is 1.95. The van der Waals surface area contributed by atoms with Gasteiger partial charge in [-0.3, -0.25) is 9.48 Å². The molecule has 0 radical (unpaired) electrons. The molecule has 0 saturated heterocycles. The molecule has 0 N–H and O–H groups in total. The van der Waals surface area contributed by atoms with Gasteiger partial charge in [-0.2, -0.15) is 5.10 Å². The maximum Gasteiger partial charge on any atom is 0.133 e. The fraction of sp³-hybridized carbons (Fsp3) is 0.714. The Labute approximate surface area is 104 Å². The highest BCUT2D eigenvalue weighted by Gasteiger charge is 2.11. The Bertz CT molecular complexity index is 391. The van der Waals surface area contributed by atoms with Crippen molar-refractivity contribution in [2.45, 2.75) is 53.4 Å². The Morgan fingerprint density at radius 2 is 1.94 bits per heavy atom. The van der Waals surface area contributed by atoms with Gasteiger partial charge < -0.3 is 0 Å². The van der Waals surface area contributed by atoms with Gasteiger partial charge in [0.15, 0.2) is 0 Å². The second kappa shape index (κ2) is 5.99. The molecule has 1 aromatic rings. The third-order valence-corrected chi connectivity index (χ3v) is 3.31. The SMILES string of the molecule is Cc1nn(C)c(C)c1CCC(=O)CCC(C)C. The summed E-state index contributed by atoms with van der Waals surface area (Å²) in [6.07, 6.45) is 3.21. The van der Waals surface area contributed by atoms with Crippen molar-refractivity contribution in [3.8, 4) is 0 Å². The lowest BCUT2D eigenvalue weighted by molar-refractivity contribution is -0.119. The summed E-state index contributed by atoms with van der Waals surface area (Å²) in [5, 5.41) is 4.37. The van der Waals surface area contributed by atoms with Crippen LogP contribution in [0.25, 0.3) is 0 Å². The normalized spacial score (nSPS) is 11.2. The van der Waals surface area contributed by atoms with Gasteiger partial charge in [0.1, 0.15) is 5.78 Å². The van der Waals surface area contributed by atoms with Crippen molar-refractivity contribution in [2.75, 3.05) is 0 Å². The Hall–Kier alpha value is -1.12. The summed E-state index contributed by atoms with van der Waals surface area (Å²) in [6, 6.07) is 0. The quantitative estimate of drug-likeness (QED) is 0.761. The molecule has 0 aliphatic rings. The summed E-state index contributed by atoms with van der Waals surface area (Å²) in [5.41, 5.74) is 3.48. The summed E-state index contributed by atoms with van der Waals surface area (Å²) in [6.45, 7) is 8.39. The number of hydrogen-bond donors (Lipinski definition) is 0. The van der Waals surface area contributed by atoms with Crippen LogP contribution in [-0.2, 0) is 18.3 Å². The fourth-order valence-electron chi connectivity index (χ4n) is 2.02. The van der Waals surface area contributed by atoms with Crippen LogP contribution in [0.4, 0.5) is 0 Å². The monoisotopic (exact) mass is 236 g/mol. The number of rotatable bonds is 6. The van der Waals surface area contributed by atoms with Gasteiger partial charge in [0.25, 0.3) is 0 Å². The highest BCUT2D eigenvalue weighted by molar-refractivity contribution is 5.78. The van der Waals surface area contributed by atoms with E-state index < -0.39 is 0 Å². The van der Waals surface area contributed by atoms with Crippen LogP contribution >= 0.6 is 0 Å². The third-order valence-electron chi connectivity index (χ3n) is 3.31. The van der Waals surface area contributed by atoms with Crippen LogP contribution in [0, 0.1) is 19.8 Å².